The number of nitrogens with one attached hydrogen (secondary N) is 1. The van der Waals surface area contributed by atoms with Gasteiger partial charge in [0.2, 0.25) is 5.65 Å². The lowest BCUT2D eigenvalue weighted by Gasteiger charge is -2.31. The Morgan fingerprint density at radius 1 is 1.23 bits per heavy atom. The third-order valence-electron chi connectivity index (χ3n) is 4.57. The molecule has 1 aliphatic rings. The molecular weight excluding hydrogens is 352 g/mol. The van der Waals surface area contributed by atoms with Crippen LogP contribution in [0.3, 0.4) is 0 Å². The van der Waals surface area contributed by atoms with Gasteiger partial charge in [0.15, 0.2) is 20.9 Å². The van der Waals surface area contributed by atoms with Crippen LogP contribution in [0.5, 0.6) is 0 Å². The fourth-order valence-corrected chi connectivity index (χ4v) is 4.39. The lowest BCUT2D eigenvalue weighted by atomic mass is 10.1. The molecule has 1 aliphatic heterocycles. The quantitative estimate of drug-likeness (QED) is 0.708. The second-order valence-electron chi connectivity index (χ2n) is 6.52. The molecule has 1 aromatic carbocycles. The standard InChI is InChI=1S/C18H20N4O3S/c1-13-4-6-15(7-5-13)26(23,24)21-14-8-11-22(12-9-14)18-20-17-16(25-18)3-2-10-19-17/h2-7,10,14H,8-9,11-12H2,1H3,(H-,21,23,24). The molecule has 4 rings (SSSR count). The first kappa shape index (κ1) is 17.1. The molecule has 1 fully saturated rings. The van der Waals surface area contributed by atoms with E-state index >= 15 is 0 Å². The van der Waals surface area contributed by atoms with Gasteiger partial charge >= 0.3 is 0 Å². The molecular formula is C18H20N4O3S. The summed E-state index contributed by atoms with van der Waals surface area (Å²) >= 11 is 0. The van der Waals surface area contributed by atoms with Gasteiger partial charge in [-0.3, -0.25) is 0 Å². The second kappa shape index (κ2) is 6.79. The molecule has 0 amide bonds. The summed E-state index contributed by atoms with van der Waals surface area (Å²) in [6.45, 7) is 3.28. The second-order valence-corrected chi connectivity index (χ2v) is 8.23. The van der Waals surface area contributed by atoms with Gasteiger partial charge in [0.25, 0.3) is 6.01 Å². The third kappa shape index (κ3) is 3.48. The Morgan fingerprint density at radius 2 is 1.96 bits per heavy atom. The number of nitrogens with zero attached hydrogens (tertiary/aromatic N) is 3. The van der Waals surface area contributed by atoms with E-state index in [2.05, 4.69) is 14.7 Å². The zero-order valence-electron chi connectivity index (χ0n) is 14.4. The molecule has 1 atom stereocenters. The normalized spacial score (nSPS) is 18.2. The molecule has 1 N–H and O–H groups in total. The van der Waals surface area contributed by atoms with E-state index in [4.69, 9.17) is 4.42 Å². The maximum atomic E-state index is 12.5. The van der Waals surface area contributed by atoms with Crippen LogP contribution in [-0.2, 0) is 14.6 Å². The van der Waals surface area contributed by atoms with E-state index in [0.717, 1.165) is 5.56 Å². The predicted molar refractivity (Wildman–Crippen MR) is 98.4 cm³/mol. The van der Waals surface area contributed by atoms with E-state index < -0.39 is 10.4 Å². The number of aromatic nitrogens is 2. The van der Waals surface area contributed by atoms with Crippen LogP contribution >= 0.6 is 0 Å². The molecule has 8 heteroatoms. The van der Waals surface area contributed by atoms with E-state index in [1.54, 1.807) is 30.5 Å². The fraction of sp³-hybridized carbons (Fsp3) is 0.333. The average Bonchev–Trinajstić information content (AvgIpc) is 3.06. The highest BCUT2D eigenvalue weighted by atomic mass is 32.3. The minimum atomic E-state index is -3.50. The summed E-state index contributed by atoms with van der Waals surface area (Å²) in [4.78, 5) is 10.9. The van der Waals surface area contributed by atoms with E-state index in [9.17, 15) is 8.76 Å². The monoisotopic (exact) mass is 372 g/mol. The molecule has 3 heterocycles. The molecule has 0 radical (unpaired) electrons. The van der Waals surface area contributed by atoms with E-state index in [-0.39, 0.29) is 6.04 Å². The van der Waals surface area contributed by atoms with Gasteiger partial charge in [-0.15, -0.1) is 4.72 Å². The van der Waals surface area contributed by atoms with Crippen LogP contribution < -0.4 is 9.62 Å². The highest BCUT2D eigenvalue weighted by Crippen LogP contribution is 2.24. The van der Waals surface area contributed by atoms with Crippen LogP contribution in [0, 0.1) is 6.92 Å². The Bertz CT molecular complexity index is 915. The average molecular weight is 372 g/mol. The number of benzene rings is 1. The summed E-state index contributed by atoms with van der Waals surface area (Å²) in [7, 11) is -3.50. The number of hydrogen-bond acceptors (Lipinski definition) is 6. The number of oxazole rings is 1. The number of sulfonamides is 1. The molecule has 7 nitrogen and oxygen atoms in total. The molecule has 0 aliphatic carbocycles. The van der Waals surface area contributed by atoms with Crippen molar-refractivity contribution in [1.82, 2.24) is 14.7 Å². The smallest absolute Gasteiger partial charge is 0.299 e. The molecule has 2 aromatic heterocycles. The minimum absolute atomic E-state index is 0.0972. The summed E-state index contributed by atoms with van der Waals surface area (Å²) in [6, 6.07) is 11.0. The molecule has 0 bridgehead atoms. The SMILES string of the molecule is Cc1ccc([S+](=O)([O-])NC2CCN(c3nc4ncccc4o3)CC2)cc1. The van der Waals surface area contributed by atoms with Crippen molar-refractivity contribution in [3.63, 3.8) is 0 Å². The van der Waals surface area contributed by atoms with Gasteiger partial charge in [-0.2, -0.15) is 4.98 Å². The van der Waals surface area contributed by atoms with Crippen molar-refractivity contribution >= 4 is 27.6 Å². The number of pyridine rings is 1. The van der Waals surface area contributed by atoms with Crippen LogP contribution in [0.25, 0.3) is 11.2 Å². The van der Waals surface area contributed by atoms with Crippen molar-refractivity contribution in [3.8, 4) is 0 Å². The van der Waals surface area contributed by atoms with Gasteiger partial charge in [-0.1, -0.05) is 21.9 Å². The lowest BCUT2D eigenvalue weighted by Crippen LogP contribution is -2.46. The van der Waals surface area contributed by atoms with Crippen molar-refractivity contribution in [2.24, 2.45) is 0 Å². The number of rotatable bonds is 4. The number of anilines is 1. The highest BCUT2D eigenvalue weighted by molar-refractivity contribution is 7.95. The van der Waals surface area contributed by atoms with Gasteiger partial charge < -0.3 is 13.9 Å². The van der Waals surface area contributed by atoms with Crippen molar-refractivity contribution < 1.29 is 13.2 Å². The number of hydrogen-bond donors (Lipinski definition) is 1. The number of aryl methyl sites for hydroxylation is 1. The van der Waals surface area contributed by atoms with Gasteiger partial charge in [0, 0.05) is 19.3 Å². The molecule has 0 saturated carbocycles. The first-order valence-electron chi connectivity index (χ1n) is 8.57. The third-order valence-corrected chi connectivity index (χ3v) is 6.11. The van der Waals surface area contributed by atoms with Crippen molar-refractivity contribution in [2.75, 3.05) is 18.0 Å². The summed E-state index contributed by atoms with van der Waals surface area (Å²) in [6.07, 6.45) is 3.06. The molecule has 26 heavy (non-hydrogen) atoms. The number of fused-ring (bicyclic) bond motifs is 1. The van der Waals surface area contributed by atoms with Crippen LogP contribution in [0.15, 0.2) is 51.9 Å². The van der Waals surface area contributed by atoms with Crippen LogP contribution in [-0.4, -0.2) is 33.7 Å². The lowest BCUT2D eigenvalue weighted by molar-refractivity contribution is 0.409. The number of piperidine rings is 1. The first-order chi connectivity index (χ1) is 12.5. The Hall–Kier alpha value is -2.29. The Balaban J connectivity index is 1.40. The Kier molecular flexibility index (Phi) is 4.47. The molecule has 0 spiro atoms. The van der Waals surface area contributed by atoms with E-state index in [0.29, 0.717) is 48.1 Å². The van der Waals surface area contributed by atoms with Crippen molar-refractivity contribution in [2.45, 2.75) is 30.7 Å². The maximum Gasteiger partial charge on any atom is 0.299 e. The summed E-state index contributed by atoms with van der Waals surface area (Å²) < 4.78 is 33.6. The van der Waals surface area contributed by atoms with Crippen molar-refractivity contribution in [1.29, 1.82) is 0 Å². The molecule has 1 saturated heterocycles. The topological polar surface area (TPSA) is 94.3 Å². The molecule has 1 unspecified atom stereocenters. The minimum Gasteiger partial charge on any atom is -0.593 e. The molecule has 136 valence electrons. The van der Waals surface area contributed by atoms with Crippen LogP contribution in [0.1, 0.15) is 18.4 Å². The van der Waals surface area contributed by atoms with Crippen LogP contribution in [0.2, 0.25) is 0 Å². The molecule has 3 aromatic rings. The van der Waals surface area contributed by atoms with Crippen molar-refractivity contribution in [3.05, 3.63) is 48.2 Å². The zero-order valence-corrected chi connectivity index (χ0v) is 15.2. The van der Waals surface area contributed by atoms with Gasteiger partial charge in [-0.25, -0.2) is 4.98 Å². The zero-order chi connectivity index (χ0) is 18.1. The fourth-order valence-electron chi connectivity index (χ4n) is 3.09. The van der Waals surface area contributed by atoms with E-state index in [1.807, 2.05) is 24.0 Å². The van der Waals surface area contributed by atoms with E-state index in [1.165, 1.54) is 0 Å². The Labute approximate surface area is 152 Å². The highest BCUT2D eigenvalue weighted by Gasteiger charge is 2.29. The van der Waals surface area contributed by atoms with Gasteiger partial charge in [-0.05, 0) is 44.0 Å². The Morgan fingerprint density at radius 3 is 2.65 bits per heavy atom. The maximum absolute atomic E-state index is 12.5. The summed E-state index contributed by atoms with van der Waals surface area (Å²) in [5.41, 5.74) is 2.28. The van der Waals surface area contributed by atoms with Crippen LogP contribution in [0.4, 0.5) is 6.01 Å². The van der Waals surface area contributed by atoms with Gasteiger partial charge in [0.05, 0.1) is 6.04 Å². The summed E-state index contributed by atoms with van der Waals surface area (Å²) in [5.74, 6) is 0. The summed E-state index contributed by atoms with van der Waals surface area (Å²) in [5, 5.41) is 0. The largest absolute Gasteiger partial charge is 0.593 e. The van der Waals surface area contributed by atoms with Gasteiger partial charge in [0.1, 0.15) is 0 Å². The predicted octanol–water partition coefficient (Wildman–Crippen LogP) is 2.69. The first-order valence-corrected chi connectivity index (χ1v) is 10.0.